The van der Waals surface area contributed by atoms with E-state index in [0.29, 0.717) is 18.5 Å². The van der Waals surface area contributed by atoms with Crippen LogP contribution in [0, 0.1) is 12.8 Å². The number of rotatable bonds is 4. The Morgan fingerprint density at radius 1 is 1.25 bits per heavy atom. The molecule has 0 bridgehead atoms. The third-order valence-corrected chi connectivity index (χ3v) is 4.74. The number of carboxylic acid groups (broad SMARTS) is 1. The Balaban J connectivity index is 1.72. The van der Waals surface area contributed by atoms with E-state index in [1.165, 1.54) is 4.90 Å². The second-order valence-corrected chi connectivity index (χ2v) is 6.42. The predicted molar refractivity (Wildman–Crippen MR) is 89.1 cm³/mol. The SMILES string of the molecule is Cc1ccc(NC2CCC(C(=O)O)CC2)cc1N1C(=O)CNC1=O. The first kappa shape index (κ1) is 16.3. The number of benzene rings is 1. The van der Waals surface area contributed by atoms with Crippen LogP contribution in [0.4, 0.5) is 16.2 Å². The molecule has 0 spiro atoms. The van der Waals surface area contributed by atoms with Gasteiger partial charge in [-0.05, 0) is 50.3 Å². The van der Waals surface area contributed by atoms with Crippen LogP contribution in [0.5, 0.6) is 0 Å². The van der Waals surface area contributed by atoms with Crippen molar-refractivity contribution in [2.75, 3.05) is 16.8 Å². The summed E-state index contributed by atoms with van der Waals surface area (Å²) in [4.78, 5) is 35.9. The van der Waals surface area contributed by atoms with Crippen LogP contribution in [-0.2, 0) is 9.59 Å². The second-order valence-electron chi connectivity index (χ2n) is 6.42. The number of aliphatic carboxylic acids is 1. The van der Waals surface area contributed by atoms with Crippen LogP contribution in [0.3, 0.4) is 0 Å². The largest absolute Gasteiger partial charge is 0.481 e. The van der Waals surface area contributed by atoms with E-state index < -0.39 is 12.0 Å². The summed E-state index contributed by atoms with van der Waals surface area (Å²) in [5, 5.41) is 15.0. The summed E-state index contributed by atoms with van der Waals surface area (Å²) in [5.74, 6) is -1.23. The average molecular weight is 331 g/mol. The van der Waals surface area contributed by atoms with Gasteiger partial charge >= 0.3 is 12.0 Å². The zero-order chi connectivity index (χ0) is 17.3. The van der Waals surface area contributed by atoms with Gasteiger partial charge in [0.2, 0.25) is 0 Å². The third kappa shape index (κ3) is 3.20. The minimum Gasteiger partial charge on any atom is -0.481 e. The van der Waals surface area contributed by atoms with Crippen LogP contribution in [0.1, 0.15) is 31.2 Å². The molecule has 0 radical (unpaired) electrons. The Morgan fingerprint density at radius 3 is 2.54 bits per heavy atom. The normalized spacial score (nSPS) is 24.0. The number of carboxylic acids is 1. The lowest BCUT2D eigenvalue weighted by Gasteiger charge is -2.28. The van der Waals surface area contributed by atoms with Crippen LogP contribution >= 0.6 is 0 Å². The standard InChI is InChI=1S/C17H21N3O4/c1-10-2-5-13(8-14(10)20-15(21)9-18-17(20)24)19-12-6-3-11(4-7-12)16(22)23/h2,5,8,11-12,19H,3-4,6-7,9H2,1H3,(H,18,24)(H,22,23). The zero-order valence-corrected chi connectivity index (χ0v) is 13.5. The van der Waals surface area contributed by atoms with E-state index in [4.69, 9.17) is 5.11 Å². The van der Waals surface area contributed by atoms with Gasteiger partial charge in [-0.15, -0.1) is 0 Å². The van der Waals surface area contributed by atoms with E-state index in [9.17, 15) is 14.4 Å². The van der Waals surface area contributed by atoms with E-state index in [2.05, 4.69) is 10.6 Å². The van der Waals surface area contributed by atoms with Gasteiger partial charge in [-0.25, -0.2) is 9.69 Å². The highest BCUT2D eigenvalue weighted by atomic mass is 16.4. The maximum absolute atomic E-state index is 11.9. The smallest absolute Gasteiger partial charge is 0.329 e. The molecule has 1 aromatic carbocycles. The van der Waals surface area contributed by atoms with Crippen LogP contribution in [-0.4, -0.2) is 35.6 Å². The Bertz CT molecular complexity index is 664. The topological polar surface area (TPSA) is 98.7 Å². The lowest BCUT2D eigenvalue weighted by molar-refractivity contribution is -0.142. The Labute approximate surface area is 140 Å². The van der Waals surface area contributed by atoms with Gasteiger partial charge in [0, 0.05) is 11.7 Å². The third-order valence-electron chi connectivity index (χ3n) is 4.74. The molecule has 128 valence electrons. The fourth-order valence-corrected chi connectivity index (χ4v) is 3.33. The summed E-state index contributed by atoms with van der Waals surface area (Å²) in [7, 11) is 0. The monoisotopic (exact) mass is 331 g/mol. The van der Waals surface area contributed by atoms with Crippen LogP contribution in [0.25, 0.3) is 0 Å². The Hall–Kier alpha value is -2.57. The molecule has 24 heavy (non-hydrogen) atoms. The van der Waals surface area contributed by atoms with Gasteiger partial charge in [-0.1, -0.05) is 6.07 Å². The summed E-state index contributed by atoms with van der Waals surface area (Å²) < 4.78 is 0. The molecule has 1 aliphatic carbocycles. The molecule has 0 unspecified atom stereocenters. The molecule has 2 fully saturated rings. The highest BCUT2D eigenvalue weighted by Crippen LogP contribution is 2.30. The van der Waals surface area contributed by atoms with E-state index in [-0.39, 0.29) is 24.4 Å². The molecule has 1 saturated carbocycles. The molecule has 7 nitrogen and oxygen atoms in total. The van der Waals surface area contributed by atoms with Crippen LogP contribution in [0.2, 0.25) is 0 Å². The van der Waals surface area contributed by atoms with Crippen LogP contribution < -0.4 is 15.5 Å². The maximum Gasteiger partial charge on any atom is 0.329 e. The number of hydrogen-bond donors (Lipinski definition) is 3. The molecule has 7 heteroatoms. The fourth-order valence-electron chi connectivity index (χ4n) is 3.33. The summed E-state index contributed by atoms with van der Waals surface area (Å²) in [6.45, 7) is 1.88. The molecule has 2 aliphatic rings. The first-order valence-corrected chi connectivity index (χ1v) is 8.16. The highest BCUT2D eigenvalue weighted by Gasteiger charge is 2.31. The minimum absolute atomic E-state index is 0.0229. The van der Waals surface area contributed by atoms with Crippen molar-refractivity contribution in [1.82, 2.24) is 5.32 Å². The Morgan fingerprint density at radius 2 is 1.96 bits per heavy atom. The molecule has 1 heterocycles. The quantitative estimate of drug-likeness (QED) is 0.734. The number of nitrogens with zero attached hydrogens (tertiary/aromatic N) is 1. The number of carbonyl (C=O) groups is 3. The van der Waals surface area contributed by atoms with Gasteiger partial charge < -0.3 is 15.7 Å². The van der Waals surface area contributed by atoms with E-state index in [1.807, 2.05) is 19.1 Å². The fraction of sp³-hybridized carbons (Fsp3) is 0.471. The summed E-state index contributed by atoms with van der Waals surface area (Å²) >= 11 is 0. The van der Waals surface area contributed by atoms with Crippen molar-refractivity contribution < 1.29 is 19.5 Å². The molecule has 3 N–H and O–H groups in total. The second kappa shape index (κ2) is 6.51. The zero-order valence-electron chi connectivity index (χ0n) is 13.5. The molecule has 3 rings (SSSR count). The van der Waals surface area contributed by atoms with Crippen molar-refractivity contribution in [3.63, 3.8) is 0 Å². The van der Waals surface area contributed by atoms with Gasteiger partial charge in [0.25, 0.3) is 5.91 Å². The van der Waals surface area contributed by atoms with E-state index >= 15 is 0 Å². The molecular formula is C17H21N3O4. The van der Waals surface area contributed by atoms with Gasteiger partial charge in [0.1, 0.15) is 0 Å². The van der Waals surface area contributed by atoms with Crippen molar-refractivity contribution in [3.8, 4) is 0 Å². The highest BCUT2D eigenvalue weighted by molar-refractivity contribution is 6.20. The summed E-state index contributed by atoms with van der Waals surface area (Å²) in [6, 6.07) is 5.41. The summed E-state index contributed by atoms with van der Waals surface area (Å²) in [5.41, 5.74) is 2.27. The number of nitrogens with one attached hydrogen (secondary N) is 2. The van der Waals surface area contributed by atoms with Crippen molar-refractivity contribution in [1.29, 1.82) is 0 Å². The predicted octanol–water partition coefficient (Wildman–Crippen LogP) is 2.11. The number of hydrogen-bond acceptors (Lipinski definition) is 4. The molecule has 1 saturated heterocycles. The van der Waals surface area contributed by atoms with Crippen LogP contribution in [0.15, 0.2) is 18.2 Å². The van der Waals surface area contributed by atoms with E-state index in [1.54, 1.807) is 6.07 Å². The molecular weight excluding hydrogens is 310 g/mol. The molecule has 0 aromatic heterocycles. The number of carbonyl (C=O) groups excluding carboxylic acids is 2. The lowest BCUT2D eigenvalue weighted by Crippen LogP contribution is -2.32. The molecule has 0 atom stereocenters. The van der Waals surface area contributed by atoms with Gasteiger partial charge in [0.15, 0.2) is 0 Å². The van der Waals surface area contributed by atoms with Crippen molar-refractivity contribution in [3.05, 3.63) is 23.8 Å². The van der Waals surface area contributed by atoms with Crippen molar-refractivity contribution >= 4 is 29.3 Å². The Kier molecular flexibility index (Phi) is 4.42. The number of anilines is 2. The average Bonchev–Trinajstić information content (AvgIpc) is 2.89. The number of amides is 3. The van der Waals surface area contributed by atoms with Crippen molar-refractivity contribution in [2.24, 2.45) is 5.92 Å². The summed E-state index contributed by atoms with van der Waals surface area (Å²) in [6.07, 6.45) is 2.92. The number of aryl methyl sites for hydroxylation is 1. The first-order chi connectivity index (χ1) is 11.5. The molecule has 3 amide bonds. The van der Waals surface area contributed by atoms with Gasteiger partial charge in [-0.3, -0.25) is 9.59 Å². The maximum atomic E-state index is 11.9. The number of imide groups is 1. The first-order valence-electron chi connectivity index (χ1n) is 8.16. The van der Waals surface area contributed by atoms with Gasteiger partial charge in [-0.2, -0.15) is 0 Å². The number of urea groups is 1. The molecule has 1 aliphatic heterocycles. The van der Waals surface area contributed by atoms with Crippen molar-refractivity contribution in [2.45, 2.75) is 38.6 Å². The lowest BCUT2D eigenvalue weighted by atomic mass is 9.86. The van der Waals surface area contributed by atoms with Gasteiger partial charge in [0.05, 0.1) is 18.2 Å². The van der Waals surface area contributed by atoms with E-state index in [0.717, 1.165) is 24.1 Å². The molecule has 1 aromatic rings. The minimum atomic E-state index is -0.718.